The Bertz CT molecular complexity index is 1060. The third kappa shape index (κ3) is 7.40. The van der Waals surface area contributed by atoms with E-state index in [1.54, 1.807) is 25.3 Å². The molecular weight excluding hydrogens is 488 g/mol. The molecule has 38 heavy (non-hydrogen) atoms. The van der Waals surface area contributed by atoms with E-state index in [1.165, 1.54) is 4.90 Å². The highest BCUT2D eigenvalue weighted by Gasteiger charge is 2.40. The maximum atomic E-state index is 12.9. The maximum Gasteiger partial charge on any atom is 0.257 e. The zero-order valence-electron chi connectivity index (χ0n) is 22.1. The smallest absolute Gasteiger partial charge is 0.257 e. The predicted molar refractivity (Wildman–Crippen MR) is 141 cm³/mol. The fraction of sp³-hybridized carbons (Fsp3) is 0.607. The number of carbonyl (C=O) groups excluding carboxylic acids is 4. The molecule has 0 spiro atoms. The fourth-order valence-electron chi connectivity index (χ4n) is 5.02. The number of unbranched alkanes of at least 4 members (excludes halogenated alkanes) is 5. The van der Waals surface area contributed by atoms with E-state index in [-0.39, 0.29) is 37.3 Å². The predicted octanol–water partition coefficient (Wildman–Crippen LogP) is 2.39. The van der Waals surface area contributed by atoms with Gasteiger partial charge in [-0.3, -0.25) is 29.5 Å². The SMILES string of the molecule is COCC1CC1/N=C/CCCCCCCNC(=O)COc1cccc2c1CN(C1CCC(=O)NC1=O)C2=O. The van der Waals surface area contributed by atoms with Gasteiger partial charge in [-0.05, 0) is 50.5 Å². The highest BCUT2D eigenvalue weighted by molar-refractivity contribution is 6.05. The van der Waals surface area contributed by atoms with Crippen molar-refractivity contribution < 1.29 is 28.7 Å². The molecule has 1 aromatic carbocycles. The second-order valence-electron chi connectivity index (χ2n) is 10.2. The number of ether oxygens (including phenoxy) is 2. The number of amides is 4. The monoisotopic (exact) mass is 526 g/mol. The third-order valence-electron chi connectivity index (χ3n) is 7.29. The zero-order valence-corrected chi connectivity index (χ0v) is 22.1. The molecule has 206 valence electrons. The Morgan fingerprint density at radius 3 is 2.82 bits per heavy atom. The summed E-state index contributed by atoms with van der Waals surface area (Å²) >= 11 is 0. The van der Waals surface area contributed by atoms with Crippen LogP contribution in [0.2, 0.25) is 0 Å². The lowest BCUT2D eigenvalue weighted by Crippen LogP contribution is -2.52. The van der Waals surface area contributed by atoms with Gasteiger partial charge in [0.15, 0.2) is 6.61 Å². The molecule has 10 nitrogen and oxygen atoms in total. The largest absolute Gasteiger partial charge is 0.483 e. The number of hydrogen-bond acceptors (Lipinski definition) is 7. The molecule has 10 heteroatoms. The Morgan fingerprint density at radius 1 is 1.18 bits per heavy atom. The minimum atomic E-state index is -0.687. The lowest BCUT2D eigenvalue weighted by atomic mass is 10.0. The molecule has 3 aliphatic rings. The molecule has 1 saturated heterocycles. The first-order valence-electron chi connectivity index (χ1n) is 13.6. The van der Waals surface area contributed by atoms with E-state index in [4.69, 9.17) is 9.47 Å². The van der Waals surface area contributed by atoms with Crippen molar-refractivity contribution in [1.29, 1.82) is 0 Å². The minimum Gasteiger partial charge on any atom is -0.483 e. The van der Waals surface area contributed by atoms with Crippen LogP contribution in [0.5, 0.6) is 5.75 Å². The number of rotatable bonds is 15. The summed E-state index contributed by atoms with van der Waals surface area (Å²) in [6.45, 7) is 1.47. The first-order valence-corrected chi connectivity index (χ1v) is 13.6. The molecule has 0 radical (unpaired) electrons. The second kappa shape index (κ2) is 13.5. The maximum absolute atomic E-state index is 12.9. The van der Waals surface area contributed by atoms with Crippen molar-refractivity contribution in [3.8, 4) is 5.75 Å². The summed E-state index contributed by atoms with van der Waals surface area (Å²) in [5, 5.41) is 5.18. The summed E-state index contributed by atoms with van der Waals surface area (Å²) in [5.41, 5.74) is 1.12. The standard InChI is InChI=1S/C28H38N4O6/c1-37-17-19-15-22(19)29-13-6-4-2-3-5-7-14-30-26(34)18-38-24-10-8-9-20-21(24)16-32(28(20)36)23-11-12-25(33)31-27(23)35/h8-10,13,19,22-23H,2-7,11-12,14-18H2,1H3,(H,30,34)(H,31,33,35)/b29-13+. The van der Waals surface area contributed by atoms with E-state index in [1.807, 2.05) is 0 Å². The Balaban J connectivity index is 1.09. The summed E-state index contributed by atoms with van der Waals surface area (Å²) in [6, 6.07) is 4.90. The highest BCUT2D eigenvalue weighted by Crippen LogP contribution is 2.34. The van der Waals surface area contributed by atoms with E-state index in [2.05, 4.69) is 21.8 Å². The molecule has 0 aromatic heterocycles. The lowest BCUT2D eigenvalue weighted by molar-refractivity contribution is -0.137. The topological polar surface area (TPSA) is 126 Å². The normalized spacial score (nSPS) is 22.5. The minimum absolute atomic E-state index is 0.144. The molecular formula is C28H38N4O6. The van der Waals surface area contributed by atoms with Crippen LogP contribution in [0.15, 0.2) is 23.2 Å². The average Bonchev–Trinajstić information content (AvgIpc) is 3.56. The van der Waals surface area contributed by atoms with Crippen LogP contribution in [0.25, 0.3) is 0 Å². The van der Waals surface area contributed by atoms with Crippen molar-refractivity contribution in [2.45, 2.75) is 76.4 Å². The van der Waals surface area contributed by atoms with Crippen LogP contribution in [-0.2, 0) is 25.7 Å². The number of aliphatic imine (C=N–C) groups is 1. The van der Waals surface area contributed by atoms with E-state index < -0.39 is 11.9 Å². The van der Waals surface area contributed by atoms with Crippen molar-refractivity contribution in [3.63, 3.8) is 0 Å². The van der Waals surface area contributed by atoms with E-state index in [0.29, 0.717) is 41.8 Å². The highest BCUT2D eigenvalue weighted by atomic mass is 16.5. The van der Waals surface area contributed by atoms with Gasteiger partial charge >= 0.3 is 0 Å². The third-order valence-corrected chi connectivity index (χ3v) is 7.29. The van der Waals surface area contributed by atoms with Crippen LogP contribution in [-0.4, -0.2) is 73.7 Å². The summed E-state index contributed by atoms with van der Waals surface area (Å²) in [5.74, 6) is -0.183. The van der Waals surface area contributed by atoms with Gasteiger partial charge in [0.05, 0.1) is 19.2 Å². The van der Waals surface area contributed by atoms with Gasteiger partial charge in [0, 0.05) is 37.1 Å². The number of imide groups is 1. The molecule has 2 aliphatic heterocycles. The molecule has 1 aromatic rings. The molecule has 1 saturated carbocycles. The van der Waals surface area contributed by atoms with Gasteiger partial charge in [0.1, 0.15) is 11.8 Å². The molecule has 0 bridgehead atoms. The van der Waals surface area contributed by atoms with Crippen LogP contribution in [0.1, 0.15) is 73.7 Å². The molecule has 2 heterocycles. The first kappa shape index (κ1) is 27.8. The number of nitrogens with zero attached hydrogens (tertiary/aromatic N) is 2. The van der Waals surface area contributed by atoms with E-state index >= 15 is 0 Å². The summed E-state index contributed by atoms with van der Waals surface area (Å²) in [7, 11) is 1.74. The number of nitrogens with one attached hydrogen (secondary N) is 2. The number of hydrogen-bond donors (Lipinski definition) is 2. The summed E-state index contributed by atoms with van der Waals surface area (Å²) < 4.78 is 10.9. The Hall–Kier alpha value is -3.27. The van der Waals surface area contributed by atoms with Crippen LogP contribution in [0.4, 0.5) is 0 Å². The Kier molecular flexibility index (Phi) is 9.86. The molecule has 3 atom stereocenters. The van der Waals surface area contributed by atoms with Crippen molar-refractivity contribution in [2.75, 3.05) is 26.9 Å². The second-order valence-corrected chi connectivity index (χ2v) is 10.2. The van der Waals surface area contributed by atoms with Gasteiger partial charge in [-0.15, -0.1) is 0 Å². The molecule has 2 fully saturated rings. The van der Waals surface area contributed by atoms with E-state index in [0.717, 1.165) is 51.6 Å². The van der Waals surface area contributed by atoms with Crippen molar-refractivity contribution in [2.24, 2.45) is 10.9 Å². The Labute approximate surface area is 223 Å². The van der Waals surface area contributed by atoms with Crippen molar-refractivity contribution in [3.05, 3.63) is 29.3 Å². The molecule has 1 aliphatic carbocycles. The quantitative estimate of drug-likeness (QED) is 0.205. The lowest BCUT2D eigenvalue weighted by Gasteiger charge is -2.29. The fourth-order valence-corrected chi connectivity index (χ4v) is 5.02. The van der Waals surface area contributed by atoms with Gasteiger partial charge in [-0.1, -0.05) is 25.3 Å². The van der Waals surface area contributed by atoms with Gasteiger partial charge in [-0.2, -0.15) is 0 Å². The number of piperidine rings is 1. The molecule has 3 unspecified atom stereocenters. The van der Waals surface area contributed by atoms with E-state index in [9.17, 15) is 19.2 Å². The number of methoxy groups -OCH3 is 1. The van der Waals surface area contributed by atoms with Gasteiger partial charge in [-0.25, -0.2) is 0 Å². The first-order chi connectivity index (χ1) is 18.5. The zero-order chi connectivity index (χ0) is 26.9. The summed E-state index contributed by atoms with van der Waals surface area (Å²) in [6.07, 6.45) is 10.1. The van der Waals surface area contributed by atoms with Gasteiger partial charge in [0.25, 0.3) is 11.8 Å². The van der Waals surface area contributed by atoms with Gasteiger partial charge in [0.2, 0.25) is 11.8 Å². The molecule has 4 amide bonds. The van der Waals surface area contributed by atoms with Crippen LogP contribution >= 0.6 is 0 Å². The number of carbonyl (C=O) groups is 4. The number of benzene rings is 1. The number of fused-ring (bicyclic) bond motifs is 1. The van der Waals surface area contributed by atoms with Crippen molar-refractivity contribution >= 4 is 29.8 Å². The molecule has 2 N–H and O–H groups in total. The van der Waals surface area contributed by atoms with Crippen molar-refractivity contribution in [1.82, 2.24) is 15.5 Å². The van der Waals surface area contributed by atoms with Crippen LogP contribution in [0, 0.1) is 5.92 Å². The van der Waals surface area contributed by atoms with Crippen LogP contribution < -0.4 is 15.4 Å². The molecule has 4 rings (SSSR count). The Morgan fingerprint density at radius 2 is 2.00 bits per heavy atom. The summed E-state index contributed by atoms with van der Waals surface area (Å²) in [4.78, 5) is 54.9. The van der Waals surface area contributed by atoms with Crippen LogP contribution in [0.3, 0.4) is 0 Å². The average molecular weight is 527 g/mol. The van der Waals surface area contributed by atoms with Gasteiger partial charge < -0.3 is 19.7 Å².